The average molecular weight is 300 g/mol. The number of rotatable bonds is 2. The second-order valence-corrected chi connectivity index (χ2v) is 9.44. The van der Waals surface area contributed by atoms with Gasteiger partial charge < -0.3 is 5.11 Å². The quantitative estimate of drug-likeness (QED) is 0.607. The van der Waals surface area contributed by atoms with Crippen molar-refractivity contribution >= 4 is 10.9 Å². The number of hydrogen-bond acceptors (Lipinski definition) is 1. The fourth-order valence-corrected chi connectivity index (χ4v) is 8.24. The highest BCUT2D eigenvalue weighted by atomic mass is 32.2. The SMILES string of the molecule is C=CC[S+]1CC[C@]23CCCC[C@H]2[C@H]1Cc1ccc([O-])cc13. The molecule has 0 aromatic heterocycles. The Morgan fingerprint density at radius 2 is 2.24 bits per heavy atom. The fraction of sp³-hybridized carbons (Fsp3) is 0.579. The van der Waals surface area contributed by atoms with Gasteiger partial charge >= 0.3 is 0 Å². The molecule has 1 saturated heterocycles. The summed E-state index contributed by atoms with van der Waals surface area (Å²) in [6, 6.07) is 5.90. The smallest absolute Gasteiger partial charge is 0.126 e. The molecule has 1 saturated carbocycles. The molecule has 0 radical (unpaired) electrons. The van der Waals surface area contributed by atoms with Crippen LogP contribution in [0.3, 0.4) is 0 Å². The molecule has 2 bridgehead atoms. The lowest BCUT2D eigenvalue weighted by atomic mass is 9.55. The van der Waals surface area contributed by atoms with E-state index in [1.54, 1.807) is 6.07 Å². The zero-order valence-electron chi connectivity index (χ0n) is 12.6. The molecule has 0 N–H and O–H groups in total. The van der Waals surface area contributed by atoms with Crippen molar-refractivity contribution in [1.82, 2.24) is 0 Å². The normalized spacial score (nSPS) is 37.4. The van der Waals surface area contributed by atoms with E-state index in [1.165, 1.54) is 61.2 Å². The molecule has 1 aliphatic heterocycles. The molecule has 2 heteroatoms. The standard InChI is InChI=1S/C19H24OS/c1-2-10-21-11-9-19-8-4-3-5-16(19)18(21)12-14-6-7-15(20)13-17(14)19/h2,6-7,13,16,18H,1,3-5,8-12H2/t16-,18+,19+,21?/m0/s1. The van der Waals surface area contributed by atoms with Gasteiger partial charge in [0.2, 0.25) is 0 Å². The molecule has 0 amide bonds. The van der Waals surface area contributed by atoms with Gasteiger partial charge in [-0.3, -0.25) is 0 Å². The maximum atomic E-state index is 11.9. The van der Waals surface area contributed by atoms with Crippen LogP contribution in [0.15, 0.2) is 30.9 Å². The van der Waals surface area contributed by atoms with Crippen molar-refractivity contribution in [3.05, 3.63) is 42.0 Å². The Balaban J connectivity index is 1.83. The van der Waals surface area contributed by atoms with Gasteiger partial charge in [-0.05, 0) is 40.9 Å². The van der Waals surface area contributed by atoms with Crippen LogP contribution in [-0.4, -0.2) is 16.8 Å². The van der Waals surface area contributed by atoms with Crippen LogP contribution in [-0.2, 0) is 22.7 Å². The third-order valence-corrected chi connectivity index (χ3v) is 8.90. The minimum atomic E-state index is 0.210. The minimum Gasteiger partial charge on any atom is -0.872 e. The van der Waals surface area contributed by atoms with Gasteiger partial charge in [0.25, 0.3) is 0 Å². The molecule has 1 unspecified atom stereocenters. The number of fused-ring (bicyclic) bond motifs is 1. The molecule has 1 aromatic carbocycles. The predicted molar refractivity (Wildman–Crippen MR) is 88.9 cm³/mol. The molecular formula is C19H24OS. The lowest BCUT2D eigenvalue weighted by Crippen LogP contribution is -2.57. The van der Waals surface area contributed by atoms with E-state index < -0.39 is 0 Å². The van der Waals surface area contributed by atoms with E-state index in [9.17, 15) is 5.11 Å². The van der Waals surface area contributed by atoms with Crippen LogP contribution in [0.25, 0.3) is 0 Å². The lowest BCUT2D eigenvalue weighted by molar-refractivity contribution is -0.268. The molecule has 4 atom stereocenters. The van der Waals surface area contributed by atoms with Crippen molar-refractivity contribution in [2.24, 2.45) is 5.92 Å². The summed E-state index contributed by atoms with van der Waals surface area (Å²) < 4.78 is 0. The van der Waals surface area contributed by atoms with Crippen LogP contribution in [0, 0.1) is 5.92 Å². The first kappa shape index (κ1) is 13.8. The van der Waals surface area contributed by atoms with E-state index in [4.69, 9.17) is 0 Å². The molecule has 21 heavy (non-hydrogen) atoms. The Morgan fingerprint density at radius 1 is 1.33 bits per heavy atom. The predicted octanol–water partition coefficient (Wildman–Crippen LogP) is 3.32. The third-order valence-electron chi connectivity index (χ3n) is 6.16. The van der Waals surface area contributed by atoms with Crippen LogP contribution in [0.4, 0.5) is 0 Å². The van der Waals surface area contributed by atoms with Crippen LogP contribution >= 0.6 is 0 Å². The summed E-state index contributed by atoms with van der Waals surface area (Å²) in [4.78, 5) is 0. The Bertz CT molecular complexity index is 567. The van der Waals surface area contributed by atoms with Crippen molar-refractivity contribution in [3.8, 4) is 5.75 Å². The molecule has 4 rings (SSSR count). The summed E-state index contributed by atoms with van der Waals surface area (Å²) in [5, 5.41) is 12.8. The molecule has 2 aliphatic carbocycles. The van der Waals surface area contributed by atoms with Gasteiger partial charge in [0.05, 0.1) is 0 Å². The lowest BCUT2D eigenvalue weighted by Gasteiger charge is -2.54. The Kier molecular flexibility index (Phi) is 3.33. The minimum absolute atomic E-state index is 0.210. The van der Waals surface area contributed by atoms with Crippen molar-refractivity contribution in [2.45, 2.75) is 49.2 Å². The van der Waals surface area contributed by atoms with E-state index in [0.29, 0.717) is 16.3 Å². The maximum Gasteiger partial charge on any atom is 0.126 e. The Labute approximate surface area is 130 Å². The van der Waals surface area contributed by atoms with Gasteiger partial charge in [0, 0.05) is 24.2 Å². The number of benzene rings is 1. The molecule has 3 aliphatic rings. The Hall–Kier alpha value is -0.890. The van der Waals surface area contributed by atoms with E-state index in [-0.39, 0.29) is 5.75 Å². The van der Waals surface area contributed by atoms with Crippen LogP contribution in [0.2, 0.25) is 0 Å². The van der Waals surface area contributed by atoms with Crippen LogP contribution in [0.1, 0.15) is 43.2 Å². The summed E-state index contributed by atoms with van der Waals surface area (Å²) in [7, 11) is 0.516. The first-order chi connectivity index (χ1) is 10.2. The van der Waals surface area contributed by atoms with Gasteiger partial charge in [-0.25, -0.2) is 0 Å². The fourth-order valence-electron chi connectivity index (χ4n) is 5.32. The van der Waals surface area contributed by atoms with Crippen molar-refractivity contribution < 1.29 is 5.11 Å². The summed E-state index contributed by atoms with van der Waals surface area (Å²) in [5.74, 6) is 3.60. The second-order valence-electron chi connectivity index (χ2n) is 7.02. The van der Waals surface area contributed by atoms with Crippen molar-refractivity contribution in [1.29, 1.82) is 0 Å². The van der Waals surface area contributed by atoms with Gasteiger partial charge in [-0.2, -0.15) is 0 Å². The largest absolute Gasteiger partial charge is 0.872 e. The summed E-state index contributed by atoms with van der Waals surface area (Å²) >= 11 is 0. The van der Waals surface area contributed by atoms with Gasteiger partial charge in [-0.1, -0.05) is 37.6 Å². The first-order valence-corrected chi connectivity index (χ1v) is 9.95. The molecular weight excluding hydrogens is 276 g/mol. The summed E-state index contributed by atoms with van der Waals surface area (Å²) in [6.45, 7) is 3.98. The molecule has 1 nitrogen and oxygen atoms in total. The summed E-state index contributed by atoms with van der Waals surface area (Å²) in [6.07, 6.45) is 10.1. The highest BCUT2D eigenvalue weighted by Crippen LogP contribution is 2.57. The van der Waals surface area contributed by atoms with Crippen molar-refractivity contribution in [3.63, 3.8) is 0 Å². The zero-order chi connectivity index (χ0) is 14.4. The second kappa shape index (κ2) is 5.08. The molecule has 1 heterocycles. The maximum absolute atomic E-state index is 11.9. The van der Waals surface area contributed by atoms with E-state index in [0.717, 1.165) is 11.2 Å². The topological polar surface area (TPSA) is 23.1 Å². The summed E-state index contributed by atoms with van der Waals surface area (Å²) in [5.41, 5.74) is 3.28. The van der Waals surface area contributed by atoms with E-state index >= 15 is 0 Å². The first-order valence-electron chi connectivity index (χ1n) is 8.32. The average Bonchev–Trinajstić information content (AvgIpc) is 2.51. The van der Waals surface area contributed by atoms with Gasteiger partial charge in [0.15, 0.2) is 0 Å². The van der Waals surface area contributed by atoms with Gasteiger partial charge in [-0.15, -0.1) is 5.75 Å². The van der Waals surface area contributed by atoms with E-state index in [1.807, 2.05) is 6.07 Å². The monoisotopic (exact) mass is 300 g/mol. The van der Waals surface area contributed by atoms with Gasteiger partial charge in [0.1, 0.15) is 16.8 Å². The molecule has 2 fully saturated rings. The molecule has 1 aromatic rings. The highest BCUT2D eigenvalue weighted by Gasteiger charge is 2.58. The highest BCUT2D eigenvalue weighted by molar-refractivity contribution is 7.97. The Morgan fingerprint density at radius 3 is 3.10 bits per heavy atom. The molecule has 0 spiro atoms. The molecule has 112 valence electrons. The van der Waals surface area contributed by atoms with Crippen molar-refractivity contribution in [2.75, 3.05) is 11.5 Å². The number of hydrogen-bond donors (Lipinski definition) is 0. The van der Waals surface area contributed by atoms with Crippen LogP contribution < -0.4 is 5.11 Å². The van der Waals surface area contributed by atoms with Crippen LogP contribution in [0.5, 0.6) is 5.75 Å². The van der Waals surface area contributed by atoms with E-state index in [2.05, 4.69) is 18.7 Å². The zero-order valence-corrected chi connectivity index (χ0v) is 13.5. The third kappa shape index (κ3) is 1.98.